The monoisotopic (exact) mass is 492 g/mol. The van der Waals surface area contributed by atoms with Crippen molar-refractivity contribution >= 4 is 36.4 Å². The van der Waals surface area contributed by atoms with E-state index < -0.39 is 0 Å². The molecule has 0 N–H and O–H groups in total. The van der Waals surface area contributed by atoms with Crippen molar-refractivity contribution in [3.63, 3.8) is 0 Å². The summed E-state index contributed by atoms with van der Waals surface area (Å²) in [6.07, 6.45) is 12.1. The summed E-state index contributed by atoms with van der Waals surface area (Å²) in [5.74, 6) is 1.91. The Morgan fingerprint density at radius 3 is 2.38 bits per heavy atom. The minimum absolute atomic E-state index is 0. The van der Waals surface area contributed by atoms with Gasteiger partial charge in [-0.05, 0) is 54.8 Å². The maximum atomic E-state index is 6.36. The summed E-state index contributed by atoms with van der Waals surface area (Å²) in [6.45, 7) is 2.86. The summed E-state index contributed by atoms with van der Waals surface area (Å²) in [4.78, 5) is 8.55. The minimum atomic E-state index is 0. The number of halogens is 3. The summed E-state index contributed by atoms with van der Waals surface area (Å²) >= 11 is 6.00. The van der Waals surface area contributed by atoms with E-state index in [1.165, 1.54) is 5.56 Å². The lowest BCUT2D eigenvalue weighted by Gasteiger charge is -2.20. The third-order valence-corrected chi connectivity index (χ3v) is 5.35. The molecule has 0 amide bonds. The molecule has 0 aliphatic rings. The lowest BCUT2D eigenvalue weighted by molar-refractivity contribution is 0.170. The van der Waals surface area contributed by atoms with Gasteiger partial charge in [0.05, 0.1) is 12.9 Å². The van der Waals surface area contributed by atoms with Crippen LogP contribution in [0.4, 0.5) is 0 Å². The van der Waals surface area contributed by atoms with Crippen LogP contribution in [0.25, 0.3) is 5.69 Å². The second kappa shape index (κ2) is 12.5. The largest absolute Gasteiger partial charge is 0.489 e. The molecule has 0 spiro atoms. The van der Waals surface area contributed by atoms with Crippen LogP contribution in [0.5, 0.6) is 5.75 Å². The molecule has 2 aromatic carbocycles. The van der Waals surface area contributed by atoms with Crippen LogP contribution in [-0.2, 0) is 19.4 Å². The molecular formula is C24H27Cl3N4O. The van der Waals surface area contributed by atoms with Crippen LogP contribution < -0.4 is 4.74 Å². The highest BCUT2D eigenvalue weighted by Gasteiger charge is 2.13. The average Bonchev–Trinajstić information content (AvgIpc) is 3.45. The SMILES string of the molecule is CCc1nccn1-c1ccc(OC(CCc2ccc(Cl)cc2)Cn2ccnc2)cc1.Cl.Cl. The average molecular weight is 494 g/mol. The molecule has 0 fully saturated rings. The Labute approximate surface area is 206 Å². The lowest BCUT2D eigenvalue weighted by Crippen LogP contribution is -2.23. The van der Waals surface area contributed by atoms with Gasteiger partial charge in [0.1, 0.15) is 17.7 Å². The van der Waals surface area contributed by atoms with Crippen LogP contribution in [0.2, 0.25) is 5.02 Å². The highest BCUT2D eigenvalue weighted by molar-refractivity contribution is 6.30. The number of benzene rings is 2. The molecule has 1 atom stereocenters. The fourth-order valence-electron chi connectivity index (χ4n) is 3.50. The van der Waals surface area contributed by atoms with E-state index in [0.29, 0.717) is 0 Å². The zero-order chi connectivity index (χ0) is 20.8. The molecular weight excluding hydrogens is 467 g/mol. The van der Waals surface area contributed by atoms with Crippen molar-refractivity contribution in [2.75, 3.05) is 0 Å². The smallest absolute Gasteiger partial charge is 0.119 e. The van der Waals surface area contributed by atoms with E-state index in [-0.39, 0.29) is 30.9 Å². The van der Waals surface area contributed by atoms with E-state index in [0.717, 1.165) is 48.1 Å². The number of aryl methyl sites for hydroxylation is 2. The second-order valence-electron chi connectivity index (χ2n) is 7.23. The molecule has 2 heterocycles. The van der Waals surface area contributed by atoms with Crippen LogP contribution in [0.3, 0.4) is 0 Å². The van der Waals surface area contributed by atoms with Crippen molar-refractivity contribution < 1.29 is 4.74 Å². The van der Waals surface area contributed by atoms with Crippen molar-refractivity contribution in [2.45, 2.75) is 38.8 Å². The highest BCUT2D eigenvalue weighted by Crippen LogP contribution is 2.20. The Morgan fingerprint density at radius 1 is 0.969 bits per heavy atom. The summed E-state index contributed by atoms with van der Waals surface area (Å²) in [7, 11) is 0. The first-order chi connectivity index (χ1) is 14.7. The van der Waals surface area contributed by atoms with Crippen molar-refractivity contribution in [3.8, 4) is 11.4 Å². The molecule has 4 aromatic rings. The Hall–Kier alpha value is -2.47. The van der Waals surface area contributed by atoms with Gasteiger partial charge >= 0.3 is 0 Å². The second-order valence-corrected chi connectivity index (χ2v) is 7.66. The molecule has 2 aromatic heterocycles. The van der Waals surface area contributed by atoms with E-state index in [4.69, 9.17) is 16.3 Å². The Balaban J connectivity index is 0.00000181. The molecule has 170 valence electrons. The molecule has 0 aliphatic carbocycles. The molecule has 0 saturated carbocycles. The van der Waals surface area contributed by atoms with Gasteiger partial charge in [-0.2, -0.15) is 0 Å². The fraction of sp³-hybridized carbons (Fsp3) is 0.250. The Kier molecular flexibility index (Phi) is 10.1. The van der Waals surface area contributed by atoms with Gasteiger partial charge in [0, 0.05) is 41.9 Å². The van der Waals surface area contributed by atoms with Gasteiger partial charge in [0.25, 0.3) is 0 Å². The summed E-state index contributed by atoms with van der Waals surface area (Å²) in [5, 5.41) is 0.758. The summed E-state index contributed by atoms with van der Waals surface area (Å²) in [5.41, 5.74) is 2.34. The highest BCUT2D eigenvalue weighted by atomic mass is 35.5. The van der Waals surface area contributed by atoms with Crippen molar-refractivity contribution in [3.05, 3.63) is 96.1 Å². The lowest BCUT2D eigenvalue weighted by atomic mass is 10.1. The summed E-state index contributed by atoms with van der Waals surface area (Å²) < 4.78 is 10.5. The quantitative estimate of drug-likeness (QED) is 0.278. The maximum Gasteiger partial charge on any atom is 0.119 e. The van der Waals surface area contributed by atoms with Crippen molar-refractivity contribution in [1.82, 2.24) is 19.1 Å². The van der Waals surface area contributed by atoms with Crippen LogP contribution in [-0.4, -0.2) is 25.2 Å². The van der Waals surface area contributed by atoms with Crippen LogP contribution in [0.15, 0.2) is 79.6 Å². The normalized spacial score (nSPS) is 11.3. The topological polar surface area (TPSA) is 44.9 Å². The molecule has 4 rings (SSSR count). The van der Waals surface area contributed by atoms with Crippen molar-refractivity contribution in [1.29, 1.82) is 0 Å². The number of nitrogens with zero attached hydrogens (tertiary/aromatic N) is 4. The van der Waals surface area contributed by atoms with Gasteiger partial charge in [0.15, 0.2) is 0 Å². The number of aromatic nitrogens is 4. The first-order valence-corrected chi connectivity index (χ1v) is 10.6. The molecule has 0 saturated heterocycles. The molecule has 0 aliphatic heterocycles. The van der Waals surface area contributed by atoms with E-state index in [9.17, 15) is 0 Å². The predicted molar refractivity (Wildman–Crippen MR) is 134 cm³/mol. The third kappa shape index (κ3) is 6.76. The Morgan fingerprint density at radius 2 is 1.72 bits per heavy atom. The van der Waals surface area contributed by atoms with Gasteiger partial charge < -0.3 is 13.9 Å². The Bertz CT molecular complexity index is 1050. The first kappa shape index (κ1) is 25.8. The number of ether oxygens (including phenoxy) is 1. The number of hydrogen-bond donors (Lipinski definition) is 0. The molecule has 0 bridgehead atoms. The van der Waals surface area contributed by atoms with Gasteiger partial charge in [-0.1, -0.05) is 30.7 Å². The minimum Gasteiger partial charge on any atom is -0.489 e. The van der Waals surface area contributed by atoms with Gasteiger partial charge in [-0.15, -0.1) is 24.8 Å². The van der Waals surface area contributed by atoms with Gasteiger partial charge in [-0.25, -0.2) is 9.97 Å². The molecule has 0 radical (unpaired) electrons. The van der Waals surface area contributed by atoms with E-state index >= 15 is 0 Å². The van der Waals surface area contributed by atoms with E-state index in [1.807, 2.05) is 49.2 Å². The zero-order valence-electron chi connectivity index (χ0n) is 17.8. The van der Waals surface area contributed by atoms with Gasteiger partial charge in [0.2, 0.25) is 0 Å². The predicted octanol–water partition coefficient (Wildman–Crippen LogP) is 6.21. The van der Waals surface area contributed by atoms with E-state index in [1.54, 1.807) is 6.20 Å². The van der Waals surface area contributed by atoms with E-state index in [2.05, 4.69) is 50.3 Å². The summed E-state index contributed by atoms with van der Waals surface area (Å²) in [6, 6.07) is 16.2. The first-order valence-electron chi connectivity index (χ1n) is 10.2. The fourth-order valence-corrected chi connectivity index (χ4v) is 3.63. The molecule has 5 nitrogen and oxygen atoms in total. The number of rotatable bonds is 9. The third-order valence-electron chi connectivity index (χ3n) is 5.09. The maximum absolute atomic E-state index is 6.36. The standard InChI is InChI=1S/C24H25ClN4O.2ClH/c1-2-24-27-14-16-29(24)21-8-11-22(12-9-21)30-23(17-28-15-13-26-18-28)10-5-19-3-6-20(25)7-4-19;;/h3-4,6-9,11-16,18,23H,2,5,10,17H2,1H3;2*1H. The van der Waals surface area contributed by atoms with Crippen LogP contribution in [0, 0.1) is 0 Å². The van der Waals surface area contributed by atoms with Gasteiger partial charge in [-0.3, -0.25) is 0 Å². The zero-order valence-corrected chi connectivity index (χ0v) is 20.2. The number of hydrogen-bond acceptors (Lipinski definition) is 3. The molecule has 8 heteroatoms. The number of imidazole rings is 2. The van der Waals surface area contributed by atoms with Crippen molar-refractivity contribution in [2.24, 2.45) is 0 Å². The molecule has 32 heavy (non-hydrogen) atoms. The molecule has 1 unspecified atom stereocenters. The van der Waals surface area contributed by atoms with Crippen LogP contribution in [0.1, 0.15) is 24.7 Å². The van der Waals surface area contributed by atoms with Crippen LogP contribution >= 0.6 is 36.4 Å².